The molecule has 1 N–H and O–H groups in total. The first-order valence-corrected chi connectivity index (χ1v) is 6.74. The highest BCUT2D eigenvalue weighted by molar-refractivity contribution is 7.71. The van der Waals surface area contributed by atoms with Crippen molar-refractivity contribution in [3.05, 3.63) is 23.0 Å². The zero-order valence-corrected chi connectivity index (χ0v) is 11.9. The van der Waals surface area contributed by atoms with Gasteiger partial charge in [-0.3, -0.25) is 5.10 Å². The van der Waals surface area contributed by atoms with Crippen LogP contribution in [0.1, 0.15) is 6.42 Å². The Bertz CT molecular complexity index is 665. The number of methoxy groups -OCH3 is 1. The maximum absolute atomic E-state index is 5.39. The summed E-state index contributed by atoms with van der Waals surface area (Å²) < 4.78 is 18.3. The third kappa shape index (κ3) is 2.41. The van der Waals surface area contributed by atoms with E-state index in [2.05, 4.69) is 10.2 Å². The SMILES string of the molecule is COCCCn1c(-c2ccc3c(c2)OCO3)n[nH]c1=S. The molecule has 3 rings (SSSR count). The number of aromatic nitrogens is 3. The molecule has 0 saturated carbocycles. The fourth-order valence-electron chi connectivity index (χ4n) is 2.15. The first kappa shape index (κ1) is 13.1. The molecule has 0 unspecified atom stereocenters. The van der Waals surface area contributed by atoms with Crippen LogP contribution in [-0.2, 0) is 11.3 Å². The Kier molecular flexibility index (Phi) is 3.70. The molecule has 1 aliphatic heterocycles. The number of rotatable bonds is 5. The number of ether oxygens (including phenoxy) is 3. The van der Waals surface area contributed by atoms with E-state index < -0.39 is 0 Å². The first-order chi connectivity index (χ1) is 9.79. The largest absolute Gasteiger partial charge is 0.454 e. The van der Waals surface area contributed by atoms with Crippen LogP contribution < -0.4 is 9.47 Å². The van der Waals surface area contributed by atoms with E-state index in [-0.39, 0.29) is 6.79 Å². The summed E-state index contributed by atoms with van der Waals surface area (Å²) in [5.41, 5.74) is 0.944. The van der Waals surface area contributed by atoms with Gasteiger partial charge in [0.25, 0.3) is 0 Å². The van der Waals surface area contributed by atoms with Gasteiger partial charge in [0.15, 0.2) is 22.1 Å². The third-order valence-electron chi connectivity index (χ3n) is 3.12. The monoisotopic (exact) mass is 293 g/mol. The highest BCUT2D eigenvalue weighted by Crippen LogP contribution is 2.35. The smallest absolute Gasteiger partial charge is 0.231 e. The Hall–Kier alpha value is -1.86. The number of fused-ring (bicyclic) bond motifs is 1. The number of aromatic amines is 1. The number of H-pyrrole nitrogens is 1. The summed E-state index contributed by atoms with van der Waals surface area (Å²) in [6.07, 6.45) is 0.877. The minimum Gasteiger partial charge on any atom is -0.454 e. The van der Waals surface area contributed by atoms with E-state index in [0.717, 1.165) is 35.9 Å². The van der Waals surface area contributed by atoms with E-state index in [4.69, 9.17) is 26.4 Å². The standard InChI is InChI=1S/C13H15N3O3S/c1-17-6-2-5-16-12(14-15-13(16)20)9-3-4-10-11(7-9)19-8-18-10/h3-4,7H,2,5-6,8H2,1H3,(H,15,20). The molecule has 0 aliphatic carbocycles. The lowest BCUT2D eigenvalue weighted by molar-refractivity contribution is 0.174. The van der Waals surface area contributed by atoms with Crippen LogP contribution in [0.3, 0.4) is 0 Å². The minimum atomic E-state index is 0.263. The molecule has 0 bridgehead atoms. The normalized spacial score (nSPS) is 12.8. The van der Waals surface area contributed by atoms with E-state index in [9.17, 15) is 0 Å². The summed E-state index contributed by atoms with van der Waals surface area (Å²) in [5.74, 6) is 2.29. The summed E-state index contributed by atoms with van der Waals surface area (Å²) in [4.78, 5) is 0. The molecule has 0 atom stereocenters. The van der Waals surface area contributed by atoms with E-state index in [1.54, 1.807) is 7.11 Å². The van der Waals surface area contributed by atoms with Gasteiger partial charge < -0.3 is 18.8 Å². The molecule has 1 aromatic heterocycles. The molecule has 7 heteroatoms. The summed E-state index contributed by atoms with van der Waals surface area (Å²) in [6, 6.07) is 5.75. The second kappa shape index (κ2) is 5.64. The van der Waals surface area contributed by atoms with Crippen molar-refractivity contribution in [1.82, 2.24) is 14.8 Å². The molecule has 0 saturated heterocycles. The van der Waals surface area contributed by atoms with Crippen molar-refractivity contribution in [2.45, 2.75) is 13.0 Å². The minimum absolute atomic E-state index is 0.263. The fourth-order valence-corrected chi connectivity index (χ4v) is 2.37. The van der Waals surface area contributed by atoms with Crippen LogP contribution >= 0.6 is 12.2 Å². The molecule has 2 heterocycles. The van der Waals surface area contributed by atoms with Gasteiger partial charge in [-0.05, 0) is 36.8 Å². The molecule has 1 aliphatic rings. The van der Waals surface area contributed by atoms with Gasteiger partial charge >= 0.3 is 0 Å². The van der Waals surface area contributed by atoms with Gasteiger partial charge in [-0.25, -0.2) is 0 Å². The molecule has 0 amide bonds. The Morgan fingerprint density at radius 1 is 1.40 bits per heavy atom. The van der Waals surface area contributed by atoms with E-state index >= 15 is 0 Å². The zero-order chi connectivity index (χ0) is 13.9. The number of nitrogens with zero attached hydrogens (tertiary/aromatic N) is 2. The van der Waals surface area contributed by atoms with Crippen LogP contribution in [0.15, 0.2) is 18.2 Å². The van der Waals surface area contributed by atoms with Crippen molar-refractivity contribution in [2.75, 3.05) is 20.5 Å². The quantitative estimate of drug-likeness (QED) is 0.677. The van der Waals surface area contributed by atoms with Gasteiger partial charge in [0.1, 0.15) is 0 Å². The summed E-state index contributed by atoms with van der Waals surface area (Å²) in [5, 5.41) is 7.13. The first-order valence-electron chi connectivity index (χ1n) is 6.34. The highest BCUT2D eigenvalue weighted by atomic mass is 32.1. The maximum Gasteiger partial charge on any atom is 0.231 e. The Labute approximate surface area is 121 Å². The number of hydrogen-bond acceptors (Lipinski definition) is 5. The predicted molar refractivity (Wildman–Crippen MR) is 75.5 cm³/mol. The zero-order valence-electron chi connectivity index (χ0n) is 11.1. The third-order valence-corrected chi connectivity index (χ3v) is 3.43. The van der Waals surface area contributed by atoms with Gasteiger partial charge in [-0.2, -0.15) is 5.10 Å². The lowest BCUT2D eigenvalue weighted by atomic mass is 10.2. The highest BCUT2D eigenvalue weighted by Gasteiger charge is 2.16. The molecule has 0 fully saturated rings. The average Bonchev–Trinajstić information content (AvgIpc) is 3.05. The molecule has 6 nitrogen and oxygen atoms in total. The van der Waals surface area contributed by atoms with Crippen molar-refractivity contribution >= 4 is 12.2 Å². The second-order valence-electron chi connectivity index (χ2n) is 4.42. The van der Waals surface area contributed by atoms with Crippen molar-refractivity contribution < 1.29 is 14.2 Å². The van der Waals surface area contributed by atoms with Crippen molar-refractivity contribution in [3.8, 4) is 22.9 Å². The van der Waals surface area contributed by atoms with Crippen LogP contribution in [0.4, 0.5) is 0 Å². The van der Waals surface area contributed by atoms with Crippen LogP contribution in [0.2, 0.25) is 0 Å². The van der Waals surface area contributed by atoms with E-state index in [1.807, 2.05) is 22.8 Å². The van der Waals surface area contributed by atoms with Crippen molar-refractivity contribution in [1.29, 1.82) is 0 Å². The van der Waals surface area contributed by atoms with Crippen molar-refractivity contribution in [3.63, 3.8) is 0 Å². The van der Waals surface area contributed by atoms with Gasteiger partial charge in [0.2, 0.25) is 6.79 Å². The molecule has 2 aromatic rings. The Morgan fingerprint density at radius 3 is 3.10 bits per heavy atom. The van der Waals surface area contributed by atoms with Crippen LogP contribution in [0, 0.1) is 4.77 Å². The summed E-state index contributed by atoms with van der Waals surface area (Å²) >= 11 is 5.27. The molecular weight excluding hydrogens is 278 g/mol. The molecular formula is C13H15N3O3S. The molecule has 1 aromatic carbocycles. The van der Waals surface area contributed by atoms with Gasteiger partial charge in [0.05, 0.1) is 0 Å². The lowest BCUT2D eigenvalue weighted by Gasteiger charge is -2.07. The van der Waals surface area contributed by atoms with E-state index in [1.165, 1.54) is 0 Å². The molecule has 0 radical (unpaired) electrons. The second-order valence-corrected chi connectivity index (χ2v) is 4.81. The Balaban J connectivity index is 1.92. The number of benzene rings is 1. The molecule has 106 valence electrons. The fraction of sp³-hybridized carbons (Fsp3) is 0.385. The number of hydrogen-bond donors (Lipinski definition) is 1. The van der Waals surface area contributed by atoms with Crippen LogP contribution in [-0.4, -0.2) is 35.3 Å². The average molecular weight is 293 g/mol. The molecule has 0 spiro atoms. The van der Waals surface area contributed by atoms with Crippen molar-refractivity contribution in [2.24, 2.45) is 0 Å². The van der Waals surface area contributed by atoms with Crippen LogP contribution in [0.25, 0.3) is 11.4 Å². The van der Waals surface area contributed by atoms with Gasteiger partial charge in [-0.15, -0.1) is 0 Å². The molecule has 20 heavy (non-hydrogen) atoms. The topological polar surface area (TPSA) is 61.3 Å². The van der Waals surface area contributed by atoms with Gasteiger partial charge in [-0.1, -0.05) is 0 Å². The predicted octanol–water partition coefficient (Wildman–Crippen LogP) is 2.37. The van der Waals surface area contributed by atoms with Gasteiger partial charge in [0, 0.05) is 25.8 Å². The summed E-state index contributed by atoms with van der Waals surface area (Å²) in [7, 11) is 1.69. The van der Waals surface area contributed by atoms with Crippen LogP contribution in [0.5, 0.6) is 11.5 Å². The summed E-state index contributed by atoms with van der Waals surface area (Å²) in [6.45, 7) is 1.71. The van der Waals surface area contributed by atoms with E-state index in [0.29, 0.717) is 11.4 Å². The lowest BCUT2D eigenvalue weighted by Crippen LogP contribution is -2.03. The maximum atomic E-state index is 5.39. The number of nitrogens with one attached hydrogen (secondary N) is 1. The Morgan fingerprint density at radius 2 is 2.25 bits per heavy atom.